The van der Waals surface area contributed by atoms with Crippen LogP contribution in [0.2, 0.25) is 0 Å². The number of ether oxygens (including phenoxy) is 1. The van der Waals surface area contributed by atoms with Crippen molar-refractivity contribution in [2.75, 3.05) is 24.6 Å². The van der Waals surface area contributed by atoms with Crippen LogP contribution in [0.5, 0.6) is 5.75 Å². The lowest BCUT2D eigenvalue weighted by Crippen LogP contribution is -2.48. The number of carbonyl (C=O) groups is 1. The van der Waals surface area contributed by atoms with Crippen molar-refractivity contribution in [2.45, 2.75) is 38.5 Å². The molecule has 4 aromatic rings. The molecule has 1 unspecified atom stereocenters. The molecule has 5 heterocycles. The van der Waals surface area contributed by atoms with E-state index in [2.05, 4.69) is 24.8 Å². The summed E-state index contributed by atoms with van der Waals surface area (Å²) in [5, 5.41) is 0.0795. The van der Waals surface area contributed by atoms with E-state index < -0.39 is 17.5 Å². The summed E-state index contributed by atoms with van der Waals surface area (Å²) in [6.07, 6.45) is 10.0. The zero-order valence-corrected chi connectivity index (χ0v) is 21.6. The van der Waals surface area contributed by atoms with Crippen LogP contribution in [0.1, 0.15) is 34.5 Å². The molecule has 10 nitrogen and oxygen atoms in total. The van der Waals surface area contributed by atoms with E-state index in [1.54, 1.807) is 35.4 Å². The number of rotatable bonds is 7. The van der Waals surface area contributed by atoms with Gasteiger partial charge >= 0.3 is 0 Å². The predicted octanol–water partition coefficient (Wildman–Crippen LogP) is 2.63. The molecule has 0 radical (unpaired) electrons. The Balaban J connectivity index is 1.39. The Morgan fingerprint density at radius 3 is 2.83 bits per heavy atom. The summed E-state index contributed by atoms with van der Waals surface area (Å²) in [4.78, 5) is 42.4. The van der Waals surface area contributed by atoms with Crippen LogP contribution < -0.4 is 20.8 Å². The second kappa shape index (κ2) is 10.6. The predicted molar refractivity (Wildman–Crippen MR) is 143 cm³/mol. The molecule has 0 bridgehead atoms. The first-order chi connectivity index (χ1) is 19.4. The van der Waals surface area contributed by atoms with Crippen LogP contribution in [0.15, 0.2) is 54.0 Å². The zero-order valence-electron chi connectivity index (χ0n) is 21.6. The Kier molecular flexibility index (Phi) is 6.84. The summed E-state index contributed by atoms with van der Waals surface area (Å²) >= 11 is 0. The molecule has 1 atom stereocenters. The second-order valence-electron chi connectivity index (χ2n) is 10.0. The number of halogens is 2. The van der Waals surface area contributed by atoms with E-state index in [0.29, 0.717) is 25.2 Å². The molecular weight excluding hydrogens is 520 g/mol. The fourth-order valence-corrected chi connectivity index (χ4v) is 5.59. The van der Waals surface area contributed by atoms with Gasteiger partial charge < -0.3 is 19.9 Å². The van der Waals surface area contributed by atoms with E-state index in [9.17, 15) is 18.4 Å². The Bertz CT molecular complexity index is 1650. The number of amides is 1. The van der Waals surface area contributed by atoms with Gasteiger partial charge in [0.1, 0.15) is 18.1 Å². The summed E-state index contributed by atoms with van der Waals surface area (Å²) in [6, 6.07) is 4.42. The maximum atomic E-state index is 14.5. The maximum Gasteiger partial charge on any atom is 0.267 e. The smallest absolute Gasteiger partial charge is 0.267 e. The number of primary amides is 1. The third-order valence-electron chi connectivity index (χ3n) is 7.49. The van der Waals surface area contributed by atoms with Gasteiger partial charge in [-0.3, -0.25) is 24.5 Å². The van der Waals surface area contributed by atoms with Gasteiger partial charge in [-0.05, 0) is 36.6 Å². The van der Waals surface area contributed by atoms with Crippen molar-refractivity contribution < 1.29 is 18.3 Å². The van der Waals surface area contributed by atoms with Gasteiger partial charge in [0, 0.05) is 62.6 Å². The number of aromatic nitrogens is 4. The van der Waals surface area contributed by atoms with E-state index in [-0.39, 0.29) is 47.0 Å². The number of carbonyl (C=O) groups excluding carboxylic acids is 1. The highest BCUT2D eigenvalue weighted by molar-refractivity contribution is 5.90. The van der Waals surface area contributed by atoms with E-state index >= 15 is 0 Å². The van der Waals surface area contributed by atoms with Crippen LogP contribution in [-0.4, -0.2) is 56.1 Å². The molecule has 1 fully saturated rings. The first kappa shape index (κ1) is 25.8. The number of pyridine rings is 2. The number of hydrogen-bond donors (Lipinski definition) is 1. The first-order valence-electron chi connectivity index (χ1n) is 13.1. The highest BCUT2D eigenvalue weighted by atomic mass is 19.2. The molecular formula is C28H27F2N7O3. The lowest BCUT2D eigenvalue weighted by molar-refractivity contribution is 0.0995. The monoisotopic (exact) mass is 547 g/mol. The van der Waals surface area contributed by atoms with Crippen LogP contribution in [-0.2, 0) is 19.6 Å². The molecule has 6 rings (SSSR count). The number of anilines is 1. The average Bonchev–Trinajstić information content (AvgIpc) is 2.98. The van der Waals surface area contributed by atoms with Crippen molar-refractivity contribution in [2.24, 2.45) is 5.73 Å². The van der Waals surface area contributed by atoms with Crippen LogP contribution in [0.3, 0.4) is 0 Å². The number of nitrogens with two attached hydrogens (primary N) is 1. The summed E-state index contributed by atoms with van der Waals surface area (Å²) < 4.78 is 36.1. The average molecular weight is 548 g/mol. The summed E-state index contributed by atoms with van der Waals surface area (Å²) in [5.74, 6) is -2.30. The largest absolute Gasteiger partial charge is 0.486 e. The van der Waals surface area contributed by atoms with Crippen molar-refractivity contribution >= 4 is 22.6 Å². The lowest BCUT2D eigenvalue weighted by atomic mass is 10.0. The molecule has 1 amide bonds. The number of hydrogen-bond acceptors (Lipinski definition) is 8. The molecule has 0 aliphatic carbocycles. The van der Waals surface area contributed by atoms with Crippen molar-refractivity contribution in [1.29, 1.82) is 0 Å². The quantitative estimate of drug-likeness (QED) is 0.375. The third kappa shape index (κ3) is 4.86. The van der Waals surface area contributed by atoms with E-state index in [0.717, 1.165) is 36.8 Å². The van der Waals surface area contributed by atoms with Crippen molar-refractivity contribution in [3.05, 3.63) is 87.9 Å². The van der Waals surface area contributed by atoms with Gasteiger partial charge in [0.2, 0.25) is 5.82 Å². The minimum Gasteiger partial charge on any atom is -0.486 e. The van der Waals surface area contributed by atoms with E-state index in [4.69, 9.17) is 10.5 Å². The van der Waals surface area contributed by atoms with E-state index in [1.165, 1.54) is 6.20 Å². The van der Waals surface area contributed by atoms with Crippen LogP contribution in [0.4, 0.5) is 14.6 Å². The van der Waals surface area contributed by atoms with Crippen LogP contribution in [0.25, 0.3) is 10.9 Å². The van der Waals surface area contributed by atoms with Crippen LogP contribution in [0, 0.1) is 11.6 Å². The molecule has 12 heteroatoms. The summed E-state index contributed by atoms with van der Waals surface area (Å²) in [6.45, 7) is 2.68. The normalized spacial score (nSPS) is 16.8. The molecule has 2 N–H and O–H groups in total. The molecule has 2 aliphatic heterocycles. The first-order valence-corrected chi connectivity index (χ1v) is 13.1. The molecule has 206 valence electrons. The topological polar surface area (TPSA) is 119 Å². The Hall–Kier alpha value is -4.45. The molecule has 0 saturated carbocycles. The van der Waals surface area contributed by atoms with Gasteiger partial charge in [0.15, 0.2) is 17.0 Å². The number of benzene rings is 1. The Morgan fingerprint density at radius 1 is 1.15 bits per heavy atom. The molecule has 40 heavy (non-hydrogen) atoms. The summed E-state index contributed by atoms with van der Waals surface area (Å²) in [7, 11) is 0. The Morgan fingerprint density at radius 2 is 2.02 bits per heavy atom. The van der Waals surface area contributed by atoms with Gasteiger partial charge in [-0.2, -0.15) is 4.39 Å². The highest BCUT2D eigenvalue weighted by Gasteiger charge is 2.29. The SMILES string of the molecule is NC(=O)c1cc(CN(Cc2cn3c4c(c(F)c(F)cc4c2=O)OCC3)C2CCCN(c3cnccn3)C2)ccn1. The number of nitrogens with zero attached hydrogens (tertiary/aromatic N) is 6. The molecule has 1 saturated heterocycles. The third-order valence-corrected chi connectivity index (χ3v) is 7.49. The van der Waals surface area contributed by atoms with Crippen molar-refractivity contribution in [3.8, 4) is 5.75 Å². The molecule has 1 aromatic carbocycles. The molecule has 2 aliphatic rings. The summed E-state index contributed by atoms with van der Waals surface area (Å²) in [5.41, 5.74) is 6.76. The van der Waals surface area contributed by atoms with Crippen molar-refractivity contribution in [1.82, 2.24) is 24.4 Å². The zero-order chi connectivity index (χ0) is 27.8. The minimum atomic E-state index is -1.12. The molecule has 3 aromatic heterocycles. The van der Waals surface area contributed by atoms with Gasteiger partial charge in [-0.25, -0.2) is 9.37 Å². The van der Waals surface area contributed by atoms with Gasteiger partial charge in [-0.1, -0.05) is 0 Å². The Labute approximate surface area is 228 Å². The van der Waals surface area contributed by atoms with Gasteiger partial charge in [0.05, 0.1) is 23.6 Å². The molecule has 0 spiro atoms. The second-order valence-corrected chi connectivity index (χ2v) is 10.0. The number of piperidine rings is 1. The van der Waals surface area contributed by atoms with Gasteiger partial charge in [-0.15, -0.1) is 0 Å². The van der Waals surface area contributed by atoms with E-state index in [1.807, 2.05) is 6.07 Å². The fraction of sp³-hybridized carbons (Fsp3) is 0.321. The fourth-order valence-electron chi connectivity index (χ4n) is 5.59. The lowest BCUT2D eigenvalue weighted by Gasteiger charge is -2.40. The minimum absolute atomic E-state index is 0.0150. The standard InChI is InChI=1S/C28H27F2N7O3/c29-21-11-20-25-27(24(21)30)40-9-8-36(25)14-18(26(20)38)15-37(13-17-3-4-33-22(10-17)28(31)39)19-2-1-7-35(16-19)23-12-32-5-6-34-23/h3-6,10-12,14,19H,1-2,7-9,13,15-16H2,(H2,31,39). The van der Waals surface area contributed by atoms with Gasteiger partial charge in [0.25, 0.3) is 5.91 Å². The maximum absolute atomic E-state index is 14.5. The van der Waals surface area contributed by atoms with Crippen molar-refractivity contribution in [3.63, 3.8) is 0 Å². The van der Waals surface area contributed by atoms with Crippen LogP contribution >= 0.6 is 0 Å². The highest BCUT2D eigenvalue weighted by Crippen LogP contribution is 2.33.